The molecule has 0 aromatic heterocycles. The monoisotopic (exact) mass is 367 g/mol. The molecule has 3 aliphatic rings. The molecule has 3 rings (SSSR count). The molecule has 2 saturated carbocycles. The first kappa shape index (κ1) is 18.9. The molecule has 0 radical (unpaired) electrons. The summed E-state index contributed by atoms with van der Waals surface area (Å²) in [4.78, 5) is 23.6. The molecule has 0 aromatic carbocycles. The highest BCUT2D eigenvalue weighted by Crippen LogP contribution is 2.56. The van der Waals surface area contributed by atoms with Crippen molar-refractivity contribution in [2.75, 3.05) is 26.4 Å². The van der Waals surface area contributed by atoms with E-state index >= 15 is 0 Å². The minimum Gasteiger partial charge on any atom is -0.460 e. The number of ether oxygens (including phenoxy) is 4. The van der Waals surface area contributed by atoms with Gasteiger partial charge in [-0.3, -0.25) is 0 Å². The molecule has 8 nitrogen and oxygen atoms in total. The molecule has 26 heavy (non-hydrogen) atoms. The fourth-order valence-corrected chi connectivity index (χ4v) is 4.12. The van der Waals surface area contributed by atoms with Crippen molar-refractivity contribution >= 4 is 12.1 Å². The summed E-state index contributed by atoms with van der Waals surface area (Å²) < 4.78 is 21.1. The SMILES string of the molecule is C=CCOCC(=C)C(=O)OCCNC(=O)OC1C2CC3C(O)OC1C3C2. The minimum absolute atomic E-state index is 0.00580. The van der Waals surface area contributed by atoms with Gasteiger partial charge in [0.05, 0.1) is 25.3 Å². The molecule has 3 fully saturated rings. The van der Waals surface area contributed by atoms with E-state index in [-0.39, 0.29) is 55.3 Å². The fourth-order valence-electron chi connectivity index (χ4n) is 4.12. The second-order valence-corrected chi connectivity index (χ2v) is 6.89. The summed E-state index contributed by atoms with van der Waals surface area (Å²) in [5, 5.41) is 12.4. The number of hydrogen-bond donors (Lipinski definition) is 2. The molecular weight excluding hydrogens is 342 g/mol. The molecule has 1 aliphatic heterocycles. The maximum Gasteiger partial charge on any atom is 0.407 e. The lowest BCUT2D eigenvalue weighted by molar-refractivity contribution is -0.139. The molecule has 8 heteroatoms. The number of aliphatic hydroxyl groups excluding tert-OH is 1. The first-order chi connectivity index (χ1) is 12.5. The molecule has 1 amide bonds. The van der Waals surface area contributed by atoms with Gasteiger partial charge in [-0.1, -0.05) is 12.7 Å². The smallest absolute Gasteiger partial charge is 0.407 e. The summed E-state index contributed by atoms with van der Waals surface area (Å²) in [5.41, 5.74) is 0.197. The van der Waals surface area contributed by atoms with Gasteiger partial charge in [-0.2, -0.15) is 0 Å². The van der Waals surface area contributed by atoms with E-state index in [0.29, 0.717) is 6.61 Å². The largest absolute Gasteiger partial charge is 0.460 e. The number of rotatable bonds is 9. The van der Waals surface area contributed by atoms with E-state index in [1.165, 1.54) is 0 Å². The molecule has 1 heterocycles. The molecule has 2 aliphatic carbocycles. The lowest BCUT2D eigenvalue weighted by Gasteiger charge is -2.26. The van der Waals surface area contributed by atoms with E-state index in [0.717, 1.165) is 12.8 Å². The Morgan fingerprint density at radius 2 is 2.08 bits per heavy atom. The molecule has 6 unspecified atom stereocenters. The zero-order valence-corrected chi connectivity index (χ0v) is 14.6. The Kier molecular flexibility index (Phi) is 5.95. The van der Waals surface area contributed by atoms with Crippen LogP contribution in [0.3, 0.4) is 0 Å². The van der Waals surface area contributed by atoms with Crippen LogP contribution < -0.4 is 5.32 Å². The van der Waals surface area contributed by atoms with Crippen molar-refractivity contribution < 1.29 is 33.6 Å². The maximum atomic E-state index is 11.9. The van der Waals surface area contributed by atoms with Crippen molar-refractivity contribution in [3.8, 4) is 0 Å². The van der Waals surface area contributed by atoms with Crippen LogP contribution in [-0.4, -0.2) is 62.0 Å². The summed E-state index contributed by atoms with van der Waals surface area (Å²) >= 11 is 0. The van der Waals surface area contributed by atoms with E-state index in [1.807, 2.05) is 0 Å². The van der Waals surface area contributed by atoms with Crippen molar-refractivity contribution in [3.63, 3.8) is 0 Å². The number of carbonyl (C=O) groups is 2. The van der Waals surface area contributed by atoms with Crippen molar-refractivity contribution in [2.45, 2.75) is 31.3 Å². The number of fused-ring (bicyclic) bond motifs is 1. The average Bonchev–Trinajstić information content (AvgIpc) is 3.23. The van der Waals surface area contributed by atoms with Crippen LogP contribution in [0.25, 0.3) is 0 Å². The summed E-state index contributed by atoms with van der Waals surface area (Å²) in [7, 11) is 0. The van der Waals surface area contributed by atoms with E-state index in [4.69, 9.17) is 18.9 Å². The van der Waals surface area contributed by atoms with Crippen molar-refractivity contribution in [2.24, 2.45) is 17.8 Å². The van der Waals surface area contributed by atoms with Crippen molar-refractivity contribution in [1.82, 2.24) is 5.32 Å². The minimum atomic E-state index is -0.741. The Bertz CT molecular complexity index is 578. The first-order valence-corrected chi connectivity index (χ1v) is 8.82. The lowest BCUT2D eigenvalue weighted by Crippen LogP contribution is -2.40. The third-order valence-corrected chi connectivity index (χ3v) is 5.22. The number of nitrogens with one attached hydrogen (secondary N) is 1. The molecular formula is C18H25NO7. The number of alkyl carbamates (subject to hydrolysis) is 1. The van der Waals surface area contributed by atoms with Crippen LogP contribution in [0.2, 0.25) is 0 Å². The van der Waals surface area contributed by atoms with Gasteiger partial charge >= 0.3 is 12.1 Å². The van der Waals surface area contributed by atoms with E-state index in [2.05, 4.69) is 18.5 Å². The summed E-state index contributed by atoms with van der Waals surface area (Å²) in [5.74, 6) is 0.130. The van der Waals surface area contributed by atoms with Gasteiger partial charge < -0.3 is 29.4 Å². The number of esters is 1. The third kappa shape index (κ3) is 3.92. The second-order valence-electron chi connectivity index (χ2n) is 6.89. The van der Waals surface area contributed by atoms with Gasteiger partial charge in [0.25, 0.3) is 0 Å². The van der Waals surface area contributed by atoms with Gasteiger partial charge in [-0.05, 0) is 24.7 Å². The normalized spacial score (nSPS) is 33.7. The molecule has 1 saturated heterocycles. The van der Waals surface area contributed by atoms with Gasteiger partial charge in [0.2, 0.25) is 0 Å². The molecule has 0 spiro atoms. The zero-order valence-electron chi connectivity index (χ0n) is 14.6. The van der Waals surface area contributed by atoms with Crippen LogP contribution >= 0.6 is 0 Å². The highest BCUT2D eigenvalue weighted by atomic mass is 16.6. The topological polar surface area (TPSA) is 103 Å². The molecule has 6 atom stereocenters. The second kappa shape index (κ2) is 8.20. The molecule has 2 N–H and O–H groups in total. The number of carbonyl (C=O) groups excluding carboxylic acids is 2. The van der Waals surface area contributed by atoms with Gasteiger partial charge in [0.15, 0.2) is 6.29 Å². The summed E-state index contributed by atoms with van der Waals surface area (Å²) in [6.45, 7) is 7.61. The quantitative estimate of drug-likeness (QED) is 0.268. The van der Waals surface area contributed by atoms with Gasteiger partial charge in [-0.25, -0.2) is 9.59 Å². The van der Waals surface area contributed by atoms with Gasteiger partial charge in [0, 0.05) is 5.92 Å². The van der Waals surface area contributed by atoms with Crippen LogP contribution in [0.1, 0.15) is 12.8 Å². The molecule has 144 valence electrons. The van der Waals surface area contributed by atoms with Gasteiger partial charge in [0.1, 0.15) is 18.8 Å². The van der Waals surface area contributed by atoms with Crippen LogP contribution in [0, 0.1) is 17.8 Å². The lowest BCUT2D eigenvalue weighted by atomic mass is 9.87. The van der Waals surface area contributed by atoms with E-state index < -0.39 is 18.4 Å². The van der Waals surface area contributed by atoms with Crippen molar-refractivity contribution in [1.29, 1.82) is 0 Å². The summed E-state index contributed by atoms with van der Waals surface area (Å²) in [6.07, 6.45) is 1.48. The van der Waals surface area contributed by atoms with Crippen LogP contribution in [0.5, 0.6) is 0 Å². The van der Waals surface area contributed by atoms with Crippen LogP contribution in [0.4, 0.5) is 4.79 Å². The zero-order chi connectivity index (χ0) is 18.7. The predicted octanol–water partition coefficient (Wildman–Crippen LogP) is 0.756. The van der Waals surface area contributed by atoms with Crippen LogP contribution in [0.15, 0.2) is 24.8 Å². The number of aliphatic hydroxyl groups is 1. The van der Waals surface area contributed by atoms with Crippen LogP contribution in [-0.2, 0) is 23.7 Å². The maximum absolute atomic E-state index is 11.9. The molecule has 0 aromatic rings. The Balaban J connectivity index is 1.31. The standard InChI is InChI=1S/C18H25NO7/c1-3-5-23-9-10(2)16(20)24-6-4-19-18(22)26-14-11-7-12-13(8-11)17(21)25-15(12)14/h3,11-15,17,21H,1-2,4-9H2,(H,19,22). The van der Waals surface area contributed by atoms with E-state index in [9.17, 15) is 14.7 Å². The van der Waals surface area contributed by atoms with Gasteiger partial charge in [-0.15, -0.1) is 6.58 Å². The highest BCUT2D eigenvalue weighted by molar-refractivity contribution is 5.87. The Hall–Kier alpha value is -1.90. The molecule has 2 bridgehead atoms. The highest BCUT2D eigenvalue weighted by Gasteiger charge is 2.62. The fraction of sp³-hybridized carbons (Fsp3) is 0.667. The Morgan fingerprint density at radius 3 is 2.85 bits per heavy atom. The Morgan fingerprint density at radius 1 is 1.31 bits per heavy atom. The Labute approximate surface area is 152 Å². The van der Waals surface area contributed by atoms with Crippen molar-refractivity contribution in [3.05, 3.63) is 24.8 Å². The number of hydrogen-bond acceptors (Lipinski definition) is 7. The predicted molar refractivity (Wildman–Crippen MR) is 90.0 cm³/mol. The average molecular weight is 367 g/mol. The summed E-state index contributed by atoms with van der Waals surface area (Å²) in [6, 6.07) is 0. The number of amides is 1. The third-order valence-electron chi connectivity index (χ3n) is 5.22. The van der Waals surface area contributed by atoms with E-state index in [1.54, 1.807) is 6.08 Å². The first-order valence-electron chi connectivity index (χ1n) is 8.82.